The van der Waals surface area contributed by atoms with E-state index < -0.39 is 6.04 Å². The van der Waals surface area contributed by atoms with Gasteiger partial charge in [0.2, 0.25) is 0 Å². The van der Waals surface area contributed by atoms with E-state index in [9.17, 15) is 9.59 Å². The van der Waals surface area contributed by atoms with Crippen molar-refractivity contribution in [2.24, 2.45) is 0 Å². The molecule has 0 fully saturated rings. The number of carbonyl (C=O) groups is 2. The number of ether oxygens (including phenoxy) is 1. The molecular formula is C26H27NO3. The van der Waals surface area contributed by atoms with Crippen LogP contribution in [0, 0.1) is 0 Å². The van der Waals surface area contributed by atoms with E-state index in [1.165, 1.54) is 0 Å². The first kappa shape index (κ1) is 21.3. The predicted molar refractivity (Wildman–Crippen MR) is 119 cm³/mol. The number of hydrogen-bond donors (Lipinski definition) is 1. The maximum absolute atomic E-state index is 12.7. The Balaban J connectivity index is 1.52. The summed E-state index contributed by atoms with van der Waals surface area (Å²) in [5.41, 5.74) is 2.57. The zero-order chi connectivity index (χ0) is 21.0. The summed E-state index contributed by atoms with van der Waals surface area (Å²) in [5, 5.41) is 3.28. The van der Waals surface area contributed by atoms with E-state index in [0.717, 1.165) is 29.7 Å². The van der Waals surface area contributed by atoms with Gasteiger partial charge in [-0.15, -0.1) is 0 Å². The van der Waals surface area contributed by atoms with Crippen molar-refractivity contribution in [1.29, 1.82) is 0 Å². The highest BCUT2D eigenvalue weighted by atomic mass is 16.5. The molecule has 0 aliphatic carbocycles. The molecule has 0 aliphatic rings. The first-order valence-electron chi connectivity index (χ1n) is 10.3. The van der Waals surface area contributed by atoms with Gasteiger partial charge in [-0.1, -0.05) is 85.3 Å². The van der Waals surface area contributed by atoms with Gasteiger partial charge in [0.25, 0.3) is 0 Å². The van der Waals surface area contributed by atoms with Crippen molar-refractivity contribution in [2.75, 3.05) is 5.32 Å². The second kappa shape index (κ2) is 11.6. The lowest BCUT2D eigenvalue weighted by atomic mass is 10.0. The molecule has 1 N–H and O–H groups in total. The van der Waals surface area contributed by atoms with Crippen LogP contribution in [-0.2, 0) is 16.1 Å². The Labute approximate surface area is 177 Å². The topological polar surface area (TPSA) is 55.4 Å². The Kier molecular flexibility index (Phi) is 8.22. The molecule has 3 rings (SSSR count). The Morgan fingerprint density at radius 2 is 1.37 bits per heavy atom. The maximum atomic E-state index is 12.7. The van der Waals surface area contributed by atoms with Gasteiger partial charge in [-0.25, -0.2) is 4.79 Å². The lowest BCUT2D eigenvalue weighted by molar-refractivity contribution is -0.146. The number of Topliss-reactive ketones (excluding diaryl/α,β-unsaturated/α-hetero) is 1. The van der Waals surface area contributed by atoms with E-state index in [2.05, 4.69) is 5.32 Å². The van der Waals surface area contributed by atoms with Crippen molar-refractivity contribution < 1.29 is 14.3 Å². The number of unbranched alkanes of at least 4 members (excludes halogenated alkanes) is 1. The first-order chi connectivity index (χ1) is 14.7. The highest BCUT2D eigenvalue weighted by molar-refractivity contribution is 5.95. The normalized spacial score (nSPS) is 11.5. The lowest BCUT2D eigenvalue weighted by Gasteiger charge is -2.19. The standard InChI is InChI=1S/C26H27NO3/c28-25(22-14-6-2-7-15-22)19-11-10-18-24(27-23-16-8-3-9-17-23)26(29)30-20-21-12-4-1-5-13-21/h1-9,12-17,24,27H,10-11,18-20H2. The van der Waals surface area contributed by atoms with Gasteiger partial charge >= 0.3 is 5.97 Å². The van der Waals surface area contributed by atoms with E-state index in [4.69, 9.17) is 4.74 Å². The molecule has 30 heavy (non-hydrogen) atoms. The summed E-state index contributed by atoms with van der Waals surface area (Å²) in [6.07, 6.45) is 2.56. The molecule has 0 heterocycles. The molecule has 0 amide bonds. The average molecular weight is 402 g/mol. The minimum Gasteiger partial charge on any atom is -0.459 e. The van der Waals surface area contributed by atoms with Crippen LogP contribution in [0.3, 0.4) is 0 Å². The molecule has 0 bridgehead atoms. The van der Waals surface area contributed by atoms with Gasteiger partial charge in [0.05, 0.1) is 0 Å². The van der Waals surface area contributed by atoms with E-state index in [1.807, 2.05) is 91.0 Å². The molecule has 4 heteroatoms. The molecule has 0 aliphatic heterocycles. The van der Waals surface area contributed by atoms with Crippen LogP contribution in [-0.4, -0.2) is 17.8 Å². The molecule has 1 unspecified atom stereocenters. The van der Waals surface area contributed by atoms with Gasteiger partial charge in [-0.2, -0.15) is 0 Å². The lowest BCUT2D eigenvalue weighted by Crippen LogP contribution is -2.31. The average Bonchev–Trinajstić information content (AvgIpc) is 2.81. The Morgan fingerprint density at radius 3 is 2.03 bits per heavy atom. The summed E-state index contributed by atoms with van der Waals surface area (Å²) in [5.74, 6) is -0.146. The molecule has 154 valence electrons. The van der Waals surface area contributed by atoms with Crippen molar-refractivity contribution in [3.63, 3.8) is 0 Å². The smallest absolute Gasteiger partial charge is 0.328 e. The van der Waals surface area contributed by atoms with Crippen LogP contribution >= 0.6 is 0 Å². The number of benzene rings is 3. The zero-order valence-corrected chi connectivity index (χ0v) is 17.0. The summed E-state index contributed by atoms with van der Waals surface area (Å²) in [4.78, 5) is 25.0. The van der Waals surface area contributed by atoms with Crippen molar-refractivity contribution in [3.05, 3.63) is 102 Å². The predicted octanol–water partition coefficient (Wildman–Crippen LogP) is 5.65. The maximum Gasteiger partial charge on any atom is 0.328 e. The van der Waals surface area contributed by atoms with E-state index in [1.54, 1.807) is 0 Å². The second-order valence-corrected chi connectivity index (χ2v) is 7.19. The summed E-state index contributed by atoms with van der Waals surface area (Å²) in [6, 6.07) is 28.1. The molecule has 0 aromatic heterocycles. The van der Waals surface area contributed by atoms with Crippen LogP contribution in [0.2, 0.25) is 0 Å². The van der Waals surface area contributed by atoms with Gasteiger partial charge in [0.15, 0.2) is 5.78 Å². The Hall–Kier alpha value is -3.40. The van der Waals surface area contributed by atoms with Gasteiger partial charge in [0, 0.05) is 17.7 Å². The fourth-order valence-corrected chi connectivity index (χ4v) is 3.22. The fraction of sp³-hybridized carbons (Fsp3) is 0.231. The molecule has 3 aromatic rings. The van der Waals surface area contributed by atoms with Crippen LogP contribution in [0.15, 0.2) is 91.0 Å². The van der Waals surface area contributed by atoms with Crippen LogP contribution in [0.1, 0.15) is 41.6 Å². The first-order valence-corrected chi connectivity index (χ1v) is 10.3. The number of nitrogens with one attached hydrogen (secondary N) is 1. The molecule has 0 saturated heterocycles. The van der Waals surface area contributed by atoms with Gasteiger partial charge < -0.3 is 10.1 Å². The largest absolute Gasteiger partial charge is 0.459 e. The summed E-state index contributed by atoms with van der Waals surface area (Å²) in [6.45, 7) is 0.249. The summed E-state index contributed by atoms with van der Waals surface area (Å²) >= 11 is 0. The molecular weight excluding hydrogens is 374 g/mol. The third-order valence-electron chi connectivity index (χ3n) is 4.87. The Bertz CT molecular complexity index is 911. The Morgan fingerprint density at radius 1 is 0.767 bits per heavy atom. The van der Waals surface area contributed by atoms with E-state index >= 15 is 0 Å². The molecule has 0 saturated carbocycles. The zero-order valence-electron chi connectivity index (χ0n) is 17.0. The van der Waals surface area contributed by atoms with Crippen molar-refractivity contribution >= 4 is 17.4 Å². The highest BCUT2D eigenvalue weighted by Crippen LogP contribution is 2.15. The van der Waals surface area contributed by atoms with Gasteiger partial charge in [0.1, 0.15) is 12.6 Å². The van der Waals surface area contributed by atoms with E-state index in [-0.39, 0.29) is 18.4 Å². The monoisotopic (exact) mass is 401 g/mol. The van der Waals surface area contributed by atoms with Gasteiger partial charge in [-0.05, 0) is 30.5 Å². The van der Waals surface area contributed by atoms with Gasteiger partial charge in [-0.3, -0.25) is 4.79 Å². The minimum atomic E-state index is -0.456. The number of para-hydroxylation sites is 1. The number of carbonyl (C=O) groups excluding carboxylic acids is 2. The van der Waals surface area contributed by atoms with Crippen LogP contribution in [0.25, 0.3) is 0 Å². The highest BCUT2D eigenvalue weighted by Gasteiger charge is 2.20. The van der Waals surface area contributed by atoms with E-state index in [0.29, 0.717) is 12.8 Å². The number of ketones is 1. The molecule has 4 nitrogen and oxygen atoms in total. The van der Waals surface area contributed by atoms with Crippen molar-refractivity contribution in [2.45, 2.75) is 38.3 Å². The number of esters is 1. The van der Waals surface area contributed by atoms with Crippen molar-refractivity contribution in [1.82, 2.24) is 0 Å². The number of rotatable bonds is 11. The fourth-order valence-electron chi connectivity index (χ4n) is 3.22. The molecule has 3 aromatic carbocycles. The molecule has 0 spiro atoms. The van der Waals surface area contributed by atoms with Crippen LogP contribution in [0.5, 0.6) is 0 Å². The minimum absolute atomic E-state index is 0.134. The SMILES string of the molecule is O=C(CCCCC(Nc1ccccc1)C(=O)OCc1ccccc1)c1ccccc1. The number of hydrogen-bond acceptors (Lipinski definition) is 4. The van der Waals surface area contributed by atoms with Crippen molar-refractivity contribution in [3.8, 4) is 0 Å². The third kappa shape index (κ3) is 6.89. The quantitative estimate of drug-likeness (QED) is 0.256. The van der Waals surface area contributed by atoms with Crippen LogP contribution in [0.4, 0.5) is 5.69 Å². The second-order valence-electron chi connectivity index (χ2n) is 7.19. The summed E-state index contributed by atoms with van der Waals surface area (Å²) < 4.78 is 5.54. The van der Waals surface area contributed by atoms with Crippen LogP contribution < -0.4 is 5.32 Å². The molecule has 1 atom stereocenters. The third-order valence-corrected chi connectivity index (χ3v) is 4.87. The molecule has 0 radical (unpaired) electrons. The summed E-state index contributed by atoms with van der Waals surface area (Å²) in [7, 11) is 0. The number of anilines is 1.